The van der Waals surface area contributed by atoms with Crippen LogP contribution in [0.15, 0.2) is 47.8 Å². The second kappa shape index (κ2) is 10.5. The lowest BCUT2D eigenvalue weighted by atomic mass is 10.2. The SMILES string of the molecule is O=C(Cc1csc(-c2ccc(Cl)s2)n1)NCCN1CCN(Cc2ccccc2)CC1. The largest absolute Gasteiger partial charge is 0.354 e. The van der Waals surface area contributed by atoms with Gasteiger partial charge < -0.3 is 5.32 Å². The van der Waals surface area contributed by atoms with Gasteiger partial charge in [0.1, 0.15) is 5.01 Å². The number of aromatic nitrogens is 1. The summed E-state index contributed by atoms with van der Waals surface area (Å²) in [5, 5.41) is 5.91. The predicted molar refractivity (Wildman–Crippen MR) is 125 cm³/mol. The van der Waals surface area contributed by atoms with Crippen LogP contribution in [0.3, 0.4) is 0 Å². The summed E-state index contributed by atoms with van der Waals surface area (Å²) in [5.41, 5.74) is 2.18. The van der Waals surface area contributed by atoms with Crippen molar-refractivity contribution in [3.63, 3.8) is 0 Å². The fourth-order valence-corrected chi connectivity index (χ4v) is 5.46. The van der Waals surface area contributed by atoms with Crippen LogP contribution in [0.5, 0.6) is 0 Å². The van der Waals surface area contributed by atoms with Gasteiger partial charge >= 0.3 is 0 Å². The second-order valence-corrected chi connectivity index (χ2v) is 9.95. The van der Waals surface area contributed by atoms with Crippen molar-refractivity contribution >= 4 is 40.2 Å². The van der Waals surface area contributed by atoms with Gasteiger partial charge in [0.2, 0.25) is 5.91 Å². The minimum absolute atomic E-state index is 0.0266. The van der Waals surface area contributed by atoms with Gasteiger partial charge in [0.25, 0.3) is 0 Å². The lowest BCUT2D eigenvalue weighted by Crippen LogP contribution is -2.48. The summed E-state index contributed by atoms with van der Waals surface area (Å²) in [6.07, 6.45) is 0.320. The number of nitrogens with one attached hydrogen (secondary N) is 1. The number of amides is 1. The first-order valence-corrected chi connectivity index (χ1v) is 12.2. The van der Waals surface area contributed by atoms with Crippen LogP contribution in [0.1, 0.15) is 11.3 Å². The topological polar surface area (TPSA) is 48.5 Å². The molecule has 1 aliphatic rings. The van der Waals surface area contributed by atoms with Crippen molar-refractivity contribution in [2.75, 3.05) is 39.3 Å². The molecular weight excluding hydrogens is 436 g/mol. The maximum atomic E-state index is 12.3. The molecule has 8 heteroatoms. The average molecular weight is 461 g/mol. The van der Waals surface area contributed by atoms with Crippen LogP contribution in [0.25, 0.3) is 9.88 Å². The van der Waals surface area contributed by atoms with Crippen LogP contribution in [0.2, 0.25) is 4.34 Å². The number of rotatable bonds is 8. The van der Waals surface area contributed by atoms with Crippen LogP contribution in [0.4, 0.5) is 0 Å². The van der Waals surface area contributed by atoms with E-state index in [1.165, 1.54) is 16.9 Å². The number of piperazine rings is 1. The van der Waals surface area contributed by atoms with E-state index >= 15 is 0 Å². The van der Waals surface area contributed by atoms with Crippen molar-refractivity contribution < 1.29 is 4.79 Å². The highest BCUT2D eigenvalue weighted by Gasteiger charge is 2.17. The average Bonchev–Trinajstić information content (AvgIpc) is 3.39. The quantitative estimate of drug-likeness (QED) is 0.552. The number of nitrogens with zero attached hydrogens (tertiary/aromatic N) is 3. The van der Waals surface area contributed by atoms with E-state index in [-0.39, 0.29) is 5.91 Å². The Morgan fingerprint density at radius 3 is 2.57 bits per heavy atom. The molecule has 158 valence electrons. The summed E-state index contributed by atoms with van der Waals surface area (Å²) < 4.78 is 0.750. The lowest BCUT2D eigenvalue weighted by molar-refractivity contribution is -0.120. The molecule has 1 N–H and O–H groups in total. The molecule has 1 aliphatic heterocycles. The van der Waals surface area contributed by atoms with Crippen molar-refractivity contribution in [2.24, 2.45) is 0 Å². The van der Waals surface area contributed by atoms with Crippen molar-refractivity contribution in [2.45, 2.75) is 13.0 Å². The zero-order chi connectivity index (χ0) is 20.8. The van der Waals surface area contributed by atoms with Gasteiger partial charge in [-0.15, -0.1) is 22.7 Å². The maximum absolute atomic E-state index is 12.3. The molecule has 30 heavy (non-hydrogen) atoms. The highest BCUT2D eigenvalue weighted by molar-refractivity contribution is 7.23. The molecule has 0 atom stereocenters. The smallest absolute Gasteiger partial charge is 0.226 e. The van der Waals surface area contributed by atoms with E-state index in [4.69, 9.17) is 11.6 Å². The molecule has 0 aliphatic carbocycles. The third-order valence-electron chi connectivity index (χ3n) is 5.14. The molecule has 1 amide bonds. The first kappa shape index (κ1) is 21.5. The summed E-state index contributed by atoms with van der Waals surface area (Å²) in [6, 6.07) is 14.5. The molecule has 0 unspecified atom stereocenters. The third-order valence-corrected chi connectivity index (χ3v) is 7.43. The van der Waals surface area contributed by atoms with E-state index in [1.807, 2.05) is 17.5 Å². The molecule has 1 aromatic carbocycles. The van der Waals surface area contributed by atoms with Crippen molar-refractivity contribution in [1.82, 2.24) is 20.1 Å². The Morgan fingerprint density at radius 2 is 1.83 bits per heavy atom. The van der Waals surface area contributed by atoms with Gasteiger partial charge in [0.05, 0.1) is 21.3 Å². The fraction of sp³-hybridized carbons (Fsp3) is 0.364. The second-order valence-electron chi connectivity index (χ2n) is 7.38. The van der Waals surface area contributed by atoms with E-state index in [9.17, 15) is 4.79 Å². The standard InChI is InChI=1S/C22H25ClN4OS2/c23-20-7-6-19(30-20)22-25-18(16-29-22)14-21(28)24-8-9-26-10-12-27(13-11-26)15-17-4-2-1-3-5-17/h1-7,16H,8-15H2,(H,24,28). The van der Waals surface area contributed by atoms with E-state index in [1.54, 1.807) is 11.3 Å². The number of carbonyl (C=O) groups excluding carboxylic acids is 1. The van der Waals surface area contributed by atoms with Gasteiger partial charge in [0.15, 0.2) is 0 Å². The maximum Gasteiger partial charge on any atom is 0.226 e. The predicted octanol–water partition coefficient (Wildman–Crippen LogP) is 4.00. The Kier molecular flexibility index (Phi) is 7.52. The van der Waals surface area contributed by atoms with Crippen LogP contribution in [-0.2, 0) is 17.8 Å². The van der Waals surface area contributed by atoms with Crippen LogP contribution in [-0.4, -0.2) is 60.0 Å². The first-order valence-electron chi connectivity index (χ1n) is 10.1. The highest BCUT2D eigenvalue weighted by atomic mass is 35.5. The summed E-state index contributed by atoms with van der Waals surface area (Å²) in [4.78, 5) is 22.8. The van der Waals surface area contributed by atoms with Crippen molar-refractivity contribution in [1.29, 1.82) is 0 Å². The molecule has 2 aromatic heterocycles. The number of thiophene rings is 1. The normalized spacial score (nSPS) is 15.4. The van der Waals surface area contributed by atoms with Crippen LogP contribution >= 0.6 is 34.3 Å². The number of carbonyl (C=O) groups is 1. The molecule has 1 saturated heterocycles. The van der Waals surface area contributed by atoms with Gasteiger partial charge in [-0.2, -0.15) is 0 Å². The van der Waals surface area contributed by atoms with E-state index in [0.29, 0.717) is 13.0 Å². The Balaban J connectivity index is 1.14. The van der Waals surface area contributed by atoms with Crippen LogP contribution < -0.4 is 5.32 Å². The summed E-state index contributed by atoms with van der Waals surface area (Å²) >= 11 is 9.05. The molecule has 3 heterocycles. The lowest BCUT2D eigenvalue weighted by Gasteiger charge is -2.34. The zero-order valence-corrected chi connectivity index (χ0v) is 19.1. The Labute approximate surface area is 190 Å². The van der Waals surface area contributed by atoms with Gasteiger partial charge in [-0.05, 0) is 17.7 Å². The van der Waals surface area contributed by atoms with Gasteiger partial charge in [-0.1, -0.05) is 41.9 Å². The Morgan fingerprint density at radius 1 is 1.07 bits per heavy atom. The molecule has 0 radical (unpaired) electrons. The van der Waals surface area contributed by atoms with E-state index in [2.05, 4.69) is 50.4 Å². The van der Waals surface area contributed by atoms with E-state index in [0.717, 1.165) is 59.2 Å². The number of hydrogen-bond acceptors (Lipinski definition) is 6. The molecule has 5 nitrogen and oxygen atoms in total. The minimum Gasteiger partial charge on any atom is -0.354 e. The third kappa shape index (κ3) is 6.12. The Hall–Kier alpha value is -1.77. The molecule has 0 bridgehead atoms. The molecular formula is C22H25ClN4OS2. The number of halogens is 1. The number of thiazole rings is 1. The van der Waals surface area contributed by atoms with Crippen molar-refractivity contribution in [3.05, 3.63) is 63.4 Å². The molecule has 4 rings (SSSR count). The molecule has 0 saturated carbocycles. The van der Waals surface area contributed by atoms with Crippen LogP contribution in [0, 0.1) is 0 Å². The first-order chi connectivity index (χ1) is 14.7. The summed E-state index contributed by atoms with van der Waals surface area (Å²) in [7, 11) is 0. The molecule has 1 fully saturated rings. The molecule has 3 aromatic rings. The van der Waals surface area contributed by atoms with Gasteiger partial charge in [0, 0.05) is 51.2 Å². The minimum atomic E-state index is 0.0266. The highest BCUT2D eigenvalue weighted by Crippen LogP contribution is 2.32. The van der Waals surface area contributed by atoms with E-state index < -0.39 is 0 Å². The zero-order valence-electron chi connectivity index (χ0n) is 16.7. The fourth-order valence-electron chi connectivity index (χ4n) is 3.52. The number of hydrogen-bond donors (Lipinski definition) is 1. The van der Waals surface area contributed by atoms with Crippen molar-refractivity contribution in [3.8, 4) is 9.88 Å². The van der Waals surface area contributed by atoms with Gasteiger partial charge in [-0.3, -0.25) is 14.6 Å². The number of benzene rings is 1. The molecule has 0 spiro atoms. The Bertz CT molecular complexity index is 951. The monoisotopic (exact) mass is 460 g/mol. The summed E-state index contributed by atoms with van der Waals surface area (Å²) in [5.74, 6) is 0.0266. The van der Waals surface area contributed by atoms with Gasteiger partial charge in [-0.25, -0.2) is 4.98 Å². The summed E-state index contributed by atoms with van der Waals surface area (Å²) in [6.45, 7) is 6.80.